The molecule has 2 N–H and O–H groups in total. The van der Waals surface area contributed by atoms with Crippen molar-refractivity contribution in [2.75, 3.05) is 0 Å². The fraction of sp³-hybridized carbons (Fsp3) is 0.0909. The van der Waals surface area contributed by atoms with Crippen LogP contribution in [-0.4, -0.2) is 24.6 Å². The van der Waals surface area contributed by atoms with E-state index in [0.29, 0.717) is 15.4 Å². The number of hydrogen-bond donors (Lipinski definition) is 2. The number of halogens is 3. The van der Waals surface area contributed by atoms with E-state index < -0.39 is 23.0 Å². The molecule has 0 aliphatic carbocycles. The molecular weight excluding hydrogens is 423 g/mol. The molecule has 5 rings (SSSR count). The first-order chi connectivity index (χ1) is 15.3. The summed E-state index contributed by atoms with van der Waals surface area (Å²) >= 11 is 0. The summed E-state index contributed by atoms with van der Waals surface area (Å²) in [5.74, 6) is -0.0559. The number of nitrogens with zero attached hydrogens (tertiary/aromatic N) is 3. The fourth-order valence-corrected chi connectivity index (χ4v) is 3.75. The lowest BCUT2D eigenvalue weighted by molar-refractivity contribution is -0.140. The van der Waals surface area contributed by atoms with Gasteiger partial charge in [-0.15, -0.1) is 0 Å². The number of fused-ring (bicyclic) bond motifs is 2. The van der Waals surface area contributed by atoms with Crippen molar-refractivity contribution in [1.29, 1.82) is 0 Å². The maximum atomic E-state index is 13.8. The minimum atomic E-state index is -4.79. The normalized spacial score (nSPS) is 12.0. The monoisotopic (exact) mass is 437 g/mol. The largest absolute Gasteiger partial charge is 0.435 e. The molecule has 10 heteroatoms. The van der Waals surface area contributed by atoms with Gasteiger partial charge in [0.25, 0.3) is 11.1 Å². The van der Waals surface area contributed by atoms with Crippen LogP contribution in [0.4, 0.5) is 13.2 Å². The quantitative estimate of drug-likeness (QED) is 0.438. The van der Waals surface area contributed by atoms with E-state index in [2.05, 4.69) is 20.1 Å². The Morgan fingerprint density at radius 3 is 2.31 bits per heavy atom. The van der Waals surface area contributed by atoms with Gasteiger partial charge in [-0.2, -0.15) is 22.8 Å². The van der Waals surface area contributed by atoms with Crippen LogP contribution in [0.5, 0.6) is 0 Å². The van der Waals surface area contributed by atoms with Gasteiger partial charge in [0.15, 0.2) is 5.69 Å². The van der Waals surface area contributed by atoms with Crippen LogP contribution < -0.4 is 11.1 Å². The summed E-state index contributed by atoms with van der Waals surface area (Å²) in [4.78, 5) is 35.5. The number of benzene rings is 2. The van der Waals surface area contributed by atoms with Crippen LogP contribution in [0.15, 0.2) is 64.2 Å². The average molecular weight is 437 g/mol. The van der Waals surface area contributed by atoms with Crippen molar-refractivity contribution in [3.8, 4) is 22.5 Å². The van der Waals surface area contributed by atoms with Gasteiger partial charge in [0.2, 0.25) is 0 Å². The van der Waals surface area contributed by atoms with Gasteiger partial charge in [-0.05, 0) is 24.6 Å². The van der Waals surface area contributed by atoms with Crippen molar-refractivity contribution < 1.29 is 13.2 Å². The molecule has 32 heavy (non-hydrogen) atoms. The number of hydrogen-bond acceptors (Lipinski definition) is 4. The molecule has 0 bridgehead atoms. The van der Waals surface area contributed by atoms with E-state index in [0.717, 1.165) is 0 Å². The summed E-state index contributed by atoms with van der Waals surface area (Å²) in [5, 5.41) is 3.93. The summed E-state index contributed by atoms with van der Waals surface area (Å²) < 4.78 is 42.1. The third kappa shape index (κ3) is 2.99. The molecule has 0 atom stereocenters. The van der Waals surface area contributed by atoms with Gasteiger partial charge in [0.05, 0.1) is 16.5 Å². The number of aromatic amines is 2. The summed E-state index contributed by atoms with van der Waals surface area (Å²) in [6, 6.07) is 14.5. The second-order valence-corrected chi connectivity index (χ2v) is 7.21. The summed E-state index contributed by atoms with van der Waals surface area (Å²) in [7, 11) is 0. The molecular formula is C22H14F3N5O2. The van der Waals surface area contributed by atoms with Crippen molar-refractivity contribution in [3.05, 3.63) is 86.7 Å². The molecule has 0 unspecified atom stereocenters. The lowest BCUT2D eigenvalue weighted by Crippen LogP contribution is -2.22. The van der Waals surface area contributed by atoms with Crippen LogP contribution in [0, 0.1) is 6.92 Å². The Hall–Kier alpha value is -4.21. The molecule has 3 heterocycles. The van der Waals surface area contributed by atoms with Gasteiger partial charge >= 0.3 is 6.18 Å². The van der Waals surface area contributed by atoms with Gasteiger partial charge in [-0.25, -0.2) is 4.98 Å². The van der Waals surface area contributed by atoms with Crippen LogP contribution in [0.1, 0.15) is 11.4 Å². The molecule has 0 saturated carbocycles. The Balaban J connectivity index is 1.86. The number of alkyl halides is 3. The molecule has 0 aliphatic rings. The molecule has 0 fully saturated rings. The summed E-state index contributed by atoms with van der Waals surface area (Å²) in [6.45, 7) is 1.53. The topological polar surface area (TPSA) is 95.9 Å². The number of nitrogens with one attached hydrogen (secondary N) is 2. The predicted octanol–water partition coefficient (Wildman–Crippen LogP) is 3.92. The Kier molecular flexibility index (Phi) is 4.26. The van der Waals surface area contributed by atoms with Gasteiger partial charge in [-0.3, -0.25) is 9.59 Å². The molecule has 3 aromatic heterocycles. The van der Waals surface area contributed by atoms with Crippen LogP contribution in [0.3, 0.4) is 0 Å². The molecule has 7 nitrogen and oxygen atoms in total. The van der Waals surface area contributed by atoms with Gasteiger partial charge in [0.1, 0.15) is 17.0 Å². The second-order valence-electron chi connectivity index (χ2n) is 7.21. The highest BCUT2D eigenvalue weighted by Crippen LogP contribution is 2.38. The van der Waals surface area contributed by atoms with Crippen LogP contribution in [0.2, 0.25) is 0 Å². The average Bonchev–Trinajstić information content (AvgIpc) is 3.15. The number of aromatic nitrogens is 5. The van der Waals surface area contributed by atoms with E-state index in [1.165, 1.54) is 19.1 Å². The molecule has 0 saturated heterocycles. The van der Waals surface area contributed by atoms with Gasteiger partial charge in [-0.1, -0.05) is 42.5 Å². The Morgan fingerprint density at radius 1 is 0.906 bits per heavy atom. The molecule has 0 radical (unpaired) electrons. The molecule has 2 aromatic carbocycles. The van der Waals surface area contributed by atoms with Crippen LogP contribution in [-0.2, 0) is 6.18 Å². The van der Waals surface area contributed by atoms with Crippen molar-refractivity contribution in [2.45, 2.75) is 13.1 Å². The summed E-state index contributed by atoms with van der Waals surface area (Å²) in [6.07, 6.45) is -4.79. The SMILES string of the molecule is Cc1[nH]c2c(-c3ccccc3)c(C(F)(F)F)nn2c(=O)c1-c1nc2ccccc2c(=O)[nH]1. The van der Waals surface area contributed by atoms with Gasteiger partial charge < -0.3 is 9.97 Å². The highest BCUT2D eigenvalue weighted by molar-refractivity contribution is 5.82. The fourth-order valence-electron chi connectivity index (χ4n) is 3.75. The zero-order valence-electron chi connectivity index (χ0n) is 16.5. The van der Waals surface area contributed by atoms with E-state index in [9.17, 15) is 22.8 Å². The maximum Gasteiger partial charge on any atom is 0.435 e. The zero-order valence-corrected chi connectivity index (χ0v) is 16.5. The predicted molar refractivity (Wildman–Crippen MR) is 112 cm³/mol. The third-order valence-electron chi connectivity index (χ3n) is 5.15. The third-order valence-corrected chi connectivity index (χ3v) is 5.15. The van der Waals surface area contributed by atoms with E-state index in [1.807, 2.05) is 0 Å². The van der Waals surface area contributed by atoms with Crippen LogP contribution >= 0.6 is 0 Å². The first kappa shape index (κ1) is 19.7. The molecule has 5 aromatic rings. The Bertz CT molecular complexity index is 1620. The van der Waals surface area contributed by atoms with E-state index in [4.69, 9.17) is 0 Å². The highest BCUT2D eigenvalue weighted by atomic mass is 19.4. The first-order valence-electron chi connectivity index (χ1n) is 9.53. The zero-order chi connectivity index (χ0) is 22.6. The van der Waals surface area contributed by atoms with Gasteiger partial charge in [0, 0.05) is 5.69 Å². The minimum absolute atomic E-state index is 0.0559. The summed E-state index contributed by atoms with van der Waals surface area (Å²) in [5.41, 5.74) is -2.03. The van der Waals surface area contributed by atoms with Crippen molar-refractivity contribution in [2.24, 2.45) is 0 Å². The number of aryl methyl sites for hydroxylation is 1. The molecule has 0 aliphatic heterocycles. The lowest BCUT2D eigenvalue weighted by atomic mass is 10.1. The number of H-pyrrole nitrogens is 2. The second kappa shape index (κ2) is 6.91. The number of rotatable bonds is 2. The van der Waals surface area contributed by atoms with E-state index in [1.54, 1.807) is 42.5 Å². The Morgan fingerprint density at radius 2 is 1.59 bits per heavy atom. The molecule has 0 spiro atoms. The maximum absolute atomic E-state index is 13.8. The lowest BCUT2D eigenvalue weighted by Gasteiger charge is -2.08. The molecule has 0 amide bonds. The number of para-hydroxylation sites is 1. The minimum Gasteiger partial charge on any atom is -0.342 e. The molecule has 160 valence electrons. The van der Waals surface area contributed by atoms with Crippen molar-refractivity contribution in [1.82, 2.24) is 24.6 Å². The van der Waals surface area contributed by atoms with E-state index >= 15 is 0 Å². The standard InChI is InChI=1S/C22H14F3N5O2/c1-11-15(18-27-14-10-6-5-9-13(14)20(31)28-18)21(32)30-19(26-11)16(12-7-3-2-4-8-12)17(29-30)22(23,24)25/h2-10,26H,1H3,(H,27,28,31). The van der Waals surface area contributed by atoms with Crippen molar-refractivity contribution in [3.63, 3.8) is 0 Å². The van der Waals surface area contributed by atoms with Crippen molar-refractivity contribution >= 4 is 16.6 Å². The smallest absolute Gasteiger partial charge is 0.342 e. The van der Waals surface area contributed by atoms with Crippen LogP contribution in [0.25, 0.3) is 39.1 Å². The Labute approximate surface area is 177 Å². The highest BCUT2D eigenvalue weighted by Gasteiger charge is 2.39. The van der Waals surface area contributed by atoms with E-state index in [-0.39, 0.29) is 33.9 Å². The first-order valence-corrected chi connectivity index (χ1v) is 9.53.